The molecule has 21 heavy (non-hydrogen) atoms. The number of rotatable bonds is 3. The van der Waals surface area contributed by atoms with E-state index < -0.39 is 0 Å². The van der Waals surface area contributed by atoms with Crippen LogP contribution in [0, 0.1) is 6.92 Å². The summed E-state index contributed by atoms with van der Waals surface area (Å²) in [4.78, 5) is 20.1. The summed E-state index contributed by atoms with van der Waals surface area (Å²) in [7, 11) is 0. The van der Waals surface area contributed by atoms with Gasteiger partial charge in [0.15, 0.2) is 0 Å². The summed E-state index contributed by atoms with van der Waals surface area (Å²) in [6, 6.07) is 8.06. The van der Waals surface area contributed by atoms with E-state index in [4.69, 9.17) is 4.74 Å². The first-order chi connectivity index (χ1) is 10.2. The van der Waals surface area contributed by atoms with Crippen LogP contribution in [0.1, 0.15) is 5.56 Å². The van der Waals surface area contributed by atoms with Crippen molar-refractivity contribution < 1.29 is 4.74 Å². The molecule has 0 amide bonds. The fourth-order valence-electron chi connectivity index (χ4n) is 2.38. The van der Waals surface area contributed by atoms with Crippen LogP contribution in [0.3, 0.4) is 0 Å². The van der Waals surface area contributed by atoms with Gasteiger partial charge >= 0.3 is 5.69 Å². The Kier molecular flexibility index (Phi) is 3.87. The van der Waals surface area contributed by atoms with Gasteiger partial charge in [-0.05, 0) is 19.1 Å². The van der Waals surface area contributed by atoms with Gasteiger partial charge in [-0.15, -0.1) is 0 Å². The number of H-pyrrole nitrogens is 1. The van der Waals surface area contributed by atoms with Gasteiger partial charge in [-0.1, -0.05) is 12.1 Å². The van der Waals surface area contributed by atoms with Crippen molar-refractivity contribution in [2.45, 2.75) is 6.92 Å². The largest absolute Gasteiger partial charge is 0.378 e. The van der Waals surface area contributed by atoms with Crippen LogP contribution in [-0.2, 0) is 4.74 Å². The van der Waals surface area contributed by atoms with E-state index in [0.717, 1.165) is 43.2 Å². The summed E-state index contributed by atoms with van der Waals surface area (Å²) in [5.41, 5.74) is 2.61. The molecule has 1 aromatic carbocycles. The first-order valence-corrected chi connectivity index (χ1v) is 6.99. The lowest BCUT2D eigenvalue weighted by Crippen LogP contribution is -2.36. The van der Waals surface area contributed by atoms with Crippen LogP contribution in [0.25, 0.3) is 0 Å². The highest BCUT2D eigenvalue weighted by atomic mass is 16.5. The zero-order chi connectivity index (χ0) is 14.7. The van der Waals surface area contributed by atoms with Gasteiger partial charge in [0.05, 0.1) is 24.6 Å². The fraction of sp³-hybridized carbons (Fsp3) is 0.333. The molecule has 0 bridgehead atoms. The maximum absolute atomic E-state index is 11.4. The average molecular weight is 286 g/mol. The predicted molar refractivity (Wildman–Crippen MR) is 82.4 cm³/mol. The van der Waals surface area contributed by atoms with Crippen molar-refractivity contribution in [3.05, 3.63) is 46.5 Å². The molecule has 3 rings (SSSR count). The Hall–Kier alpha value is -2.34. The number of benzene rings is 1. The van der Waals surface area contributed by atoms with Crippen LogP contribution in [0.2, 0.25) is 0 Å². The Balaban J connectivity index is 1.91. The van der Waals surface area contributed by atoms with E-state index in [-0.39, 0.29) is 5.69 Å². The average Bonchev–Trinajstić information content (AvgIpc) is 2.52. The van der Waals surface area contributed by atoms with Crippen LogP contribution in [0.4, 0.5) is 17.2 Å². The van der Waals surface area contributed by atoms with E-state index in [9.17, 15) is 4.79 Å². The van der Waals surface area contributed by atoms with Gasteiger partial charge in [-0.3, -0.25) is 4.98 Å². The van der Waals surface area contributed by atoms with Crippen LogP contribution in [0.5, 0.6) is 0 Å². The van der Waals surface area contributed by atoms with Crippen LogP contribution in [0.15, 0.2) is 35.3 Å². The molecule has 0 atom stereocenters. The quantitative estimate of drug-likeness (QED) is 0.898. The fourth-order valence-corrected chi connectivity index (χ4v) is 2.38. The van der Waals surface area contributed by atoms with Crippen LogP contribution < -0.4 is 15.9 Å². The maximum Gasteiger partial charge on any atom is 0.346 e. The number of para-hydroxylation sites is 2. The highest BCUT2D eigenvalue weighted by Crippen LogP contribution is 2.29. The molecule has 6 heteroatoms. The minimum atomic E-state index is -0.355. The molecule has 2 heterocycles. The molecule has 1 aliphatic heterocycles. The molecule has 2 aromatic rings. The van der Waals surface area contributed by atoms with Crippen LogP contribution in [-0.4, -0.2) is 36.3 Å². The number of hydrogen-bond acceptors (Lipinski definition) is 5. The molecule has 1 fully saturated rings. The third-order valence-corrected chi connectivity index (χ3v) is 3.52. The minimum Gasteiger partial charge on any atom is -0.378 e. The summed E-state index contributed by atoms with van der Waals surface area (Å²) in [6.07, 6.45) is 1.57. The third kappa shape index (κ3) is 3.05. The molecule has 110 valence electrons. The van der Waals surface area contributed by atoms with Gasteiger partial charge in [-0.25, -0.2) is 9.78 Å². The standard InChI is InChI=1S/C15H18N4O2/c1-11-10-16-15(20)18-14(11)17-12-4-2-3-5-13(12)19-6-8-21-9-7-19/h2-5,10H,6-9H2,1H3,(H2,16,17,18,20). The molecular formula is C15H18N4O2. The van der Waals surface area contributed by atoms with Crippen molar-refractivity contribution in [2.24, 2.45) is 0 Å². The number of aromatic nitrogens is 2. The highest BCUT2D eigenvalue weighted by molar-refractivity contribution is 5.75. The summed E-state index contributed by atoms with van der Waals surface area (Å²) in [5.74, 6) is 0.677. The summed E-state index contributed by atoms with van der Waals surface area (Å²) in [5, 5.41) is 3.30. The Morgan fingerprint density at radius 3 is 2.86 bits per heavy atom. The Morgan fingerprint density at radius 2 is 2.05 bits per heavy atom. The first-order valence-electron chi connectivity index (χ1n) is 6.99. The Bertz CT molecular complexity index is 677. The van der Waals surface area contributed by atoms with Crippen molar-refractivity contribution in [3.8, 4) is 0 Å². The lowest BCUT2D eigenvalue weighted by molar-refractivity contribution is 0.123. The number of nitrogens with zero attached hydrogens (tertiary/aromatic N) is 2. The summed E-state index contributed by atoms with van der Waals surface area (Å²) < 4.78 is 5.40. The van der Waals surface area contributed by atoms with Crippen molar-refractivity contribution in [1.29, 1.82) is 0 Å². The molecule has 0 spiro atoms. The molecule has 1 aromatic heterocycles. The molecule has 6 nitrogen and oxygen atoms in total. The number of morpholine rings is 1. The molecule has 0 saturated carbocycles. The SMILES string of the molecule is Cc1cnc(=O)[nH]c1Nc1ccccc1N1CCOCC1. The summed E-state index contributed by atoms with van der Waals surface area (Å²) >= 11 is 0. The number of hydrogen-bond donors (Lipinski definition) is 2. The van der Waals surface area contributed by atoms with Crippen molar-refractivity contribution >= 4 is 17.2 Å². The molecule has 1 aliphatic rings. The van der Waals surface area contributed by atoms with Gasteiger partial charge in [-0.2, -0.15) is 0 Å². The molecule has 0 aliphatic carbocycles. The Morgan fingerprint density at radius 1 is 1.29 bits per heavy atom. The number of anilines is 3. The first kappa shape index (κ1) is 13.6. The molecule has 1 saturated heterocycles. The Labute approximate surface area is 122 Å². The molecule has 0 radical (unpaired) electrons. The predicted octanol–water partition coefficient (Wildman–Crippen LogP) is 1.66. The van der Waals surface area contributed by atoms with E-state index in [1.165, 1.54) is 0 Å². The number of aromatic amines is 1. The zero-order valence-corrected chi connectivity index (χ0v) is 11.9. The van der Waals surface area contributed by atoms with E-state index in [1.54, 1.807) is 6.20 Å². The number of nitrogens with one attached hydrogen (secondary N) is 2. The maximum atomic E-state index is 11.4. The lowest BCUT2D eigenvalue weighted by Gasteiger charge is -2.30. The second-order valence-corrected chi connectivity index (χ2v) is 4.99. The molecule has 2 N–H and O–H groups in total. The van der Waals surface area contributed by atoms with E-state index in [1.807, 2.05) is 25.1 Å². The molecular weight excluding hydrogens is 268 g/mol. The number of aryl methyl sites for hydroxylation is 1. The van der Waals surface area contributed by atoms with E-state index in [0.29, 0.717) is 5.82 Å². The van der Waals surface area contributed by atoms with E-state index >= 15 is 0 Å². The zero-order valence-electron chi connectivity index (χ0n) is 11.9. The second-order valence-electron chi connectivity index (χ2n) is 4.99. The van der Waals surface area contributed by atoms with Crippen molar-refractivity contribution in [2.75, 3.05) is 36.5 Å². The third-order valence-electron chi connectivity index (χ3n) is 3.52. The van der Waals surface area contributed by atoms with Crippen molar-refractivity contribution in [3.63, 3.8) is 0 Å². The van der Waals surface area contributed by atoms with Gasteiger partial charge in [0.2, 0.25) is 0 Å². The molecule has 0 unspecified atom stereocenters. The van der Waals surface area contributed by atoms with E-state index in [2.05, 4.69) is 26.3 Å². The highest BCUT2D eigenvalue weighted by Gasteiger charge is 2.15. The normalized spacial score (nSPS) is 15.0. The number of ether oxygens (including phenoxy) is 1. The monoisotopic (exact) mass is 286 g/mol. The lowest BCUT2D eigenvalue weighted by atomic mass is 10.2. The minimum absolute atomic E-state index is 0.355. The smallest absolute Gasteiger partial charge is 0.346 e. The van der Waals surface area contributed by atoms with Gasteiger partial charge in [0, 0.05) is 24.8 Å². The summed E-state index contributed by atoms with van der Waals surface area (Å²) in [6.45, 7) is 5.11. The van der Waals surface area contributed by atoms with Crippen molar-refractivity contribution in [1.82, 2.24) is 9.97 Å². The second kappa shape index (κ2) is 5.97. The van der Waals surface area contributed by atoms with Crippen LogP contribution >= 0.6 is 0 Å². The van der Waals surface area contributed by atoms with Gasteiger partial charge < -0.3 is 15.0 Å². The topological polar surface area (TPSA) is 70.2 Å². The van der Waals surface area contributed by atoms with Gasteiger partial charge in [0.25, 0.3) is 0 Å². The van der Waals surface area contributed by atoms with Gasteiger partial charge in [0.1, 0.15) is 5.82 Å².